The normalized spacial score (nSPS) is 15.5. The number of ether oxygens (including phenoxy) is 2. The lowest BCUT2D eigenvalue weighted by atomic mass is 10.2. The highest BCUT2D eigenvalue weighted by molar-refractivity contribution is 5.83. The quantitative estimate of drug-likeness (QED) is 0.491. The zero-order chi connectivity index (χ0) is 25.0. The molecule has 0 saturated carbocycles. The van der Waals surface area contributed by atoms with E-state index in [4.69, 9.17) is 15.3 Å². The minimum Gasteiger partial charge on any atom is -0.445 e. The second-order valence-electron chi connectivity index (χ2n) is 7.86. The zero-order valence-corrected chi connectivity index (χ0v) is 19.3. The van der Waals surface area contributed by atoms with Gasteiger partial charge in [0.1, 0.15) is 26.3 Å². The van der Waals surface area contributed by atoms with Gasteiger partial charge in [-0.2, -0.15) is 0 Å². The highest BCUT2D eigenvalue weighted by Crippen LogP contribution is 2.06. The Balaban J connectivity index is 0.000000196. The van der Waals surface area contributed by atoms with E-state index in [1.54, 1.807) is 0 Å². The first-order chi connectivity index (χ1) is 16.9. The van der Waals surface area contributed by atoms with Crippen LogP contribution in [0.4, 0.5) is 9.59 Å². The Morgan fingerprint density at radius 3 is 1.77 bits per heavy atom. The van der Waals surface area contributed by atoms with Crippen molar-refractivity contribution >= 4 is 24.0 Å². The van der Waals surface area contributed by atoms with Crippen LogP contribution in [0.2, 0.25) is 0 Å². The minimum atomic E-state index is -0.486. The molecule has 0 bridgehead atoms. The van der Waals surface area contributed by atoms with Gasteiger partial charge in [-0.1, -0.05) is 60.7 Å². The highest BCUT2D eigenvalue weighted by Gasteiger charge is 2.26. The van der Waals surface area contributed by atoms with Crippen molar-refractivity contribution in [2.24, 2.45) is 5.84 Å². The third-order valence-electron chi connectivity index (χ3n) is 5.22. The van der Waals surface area contributed by atoms with Crippen LogP contribution in [0.15, 0.2) is 60.7 Å². The fourth-order valence-corrected chi connectivity index (χ4v) is 3.26. The average molecular weight is 484 g/mol. The van der Waals surface area contributed by atoms with Crippen molar-refractivity contribution in [3.63, 3.8) is 0 Å². The molecule has 0 spiro atoms. The van der Waals surface area contributed by atoms with Crippen LogP contribution < -0.4 is 11.2 Å². The second-order valence-corrected chi connectivity index (χ2v) is 7.86. The summed E-state index contributed by atoms with van der Waals surface area (Å²) in [6.07, 6.45) is -0.927. The third kappa shape index (κ3) is 8.31. The van der Waals surface area contributed by atoms with E-state index in [9.17, 15) is 19.2 Å². The summed E-state index contributed by atoms with van der Waals surface area (Å²) in [5.74, 6) is 4.99. The van der Waals surface area contributed by atoms with Crippen LogP contribution in [0, 0.1) is 0 Å². The summed E-state index contributed by atoms with van der Waals surface area (Å²) in [6, 6.07) is 18.8. The number of carbonyl (C=O) groups is 4. The number of rotatable bonds is 4. The van der Waals surface area contributed by atoms with Gasteiger partial charge in [0.05, 0.1) is 6.54 Å². The van der Waals surface area contributed by atoms with Crippen LogP contribution in [0.5, 0.6) is 0 Å². The van der Waals surface area contributed by atoms with Gasteiger partial charge in [-0.3, -0.25) is 24.4 Å². The standard InChI is InChI=1S/C12H15N3O3.C12H14N2O3/c13-15-7-6-14(8-11(15)16)12(17)18-9-10-4-2-1-3-5-10;15-11-8-14(7-6-13-11)12(16)17-9-10-4-2-1-3-5-10/h1-5H,6-9,13H2;1-5H,6-9H2,(H,13,15). The summed E-state index contributed by atoms with van der Waals surface area (Å²) >= 11 is 0. The molecular formula is C24H29N5O6. The summed E-state index contributed by atoms with van der Waals surface area (Å²) < 4.78 is 10.2. The predicted octanol–water partition coefficient (Wildman–Crippen LogP) is 1.10. The van der Waals surface area contributed by atoms with Gasteiger partial charge >= 0.3 is 12.2 Å². The molecule has 11 nitrogen and oxygen atoms in total. The molecule has 11 heteroatoms. The lowest BCUT2D eigenvalue weighted by molar-refractivity contribution is -0.135. The Morgan fingerprint density at radius 2 is 1.29 bits per heavy atom. The van der Waals surface area contributed by atoms with E-state index in [0.717, 1.165) is 16.1 Å². The summed E-state index contributed by atoms with van der Waals surface area (Å²) in [4.78, 5) is 48.5. The van der Waals surface area contributed by atoms with Gasteiger partial charge in [-0.15, -0.1) is 0 Å². The van der Waals surface area contributed by atoms with E-state index in [1.807, 2.05) is 60.7 Å². The van der Waals surface area contributed by atoms with E-state index < -0.39 is 12.2 Å². The van der Waals surface area contributed by atoms with E-state index in [1.165, 1.54) is 9.80 Å². The topological polar surface area (TPSA) is 135 Å². The Bertz CT molecular complexity index is 1000. The molecule has 2 fully saturated rings. The van der Waals surface area contributed by atoms with Crippen LogP contribution in [-0.2, 0) is 32.3 Å². The molecule has 35 heavy (non-hydrogen) atoms. The number of nitrogens with zero attached hydrogens (tertiary/aromatic N) is 3. The monoisotopic (exact) mass is 483 g/mol. The summed E-state index contributed by atoms with van der Waals surface area (Å²) in [5.41, 5.74) is 1.84. The van der Waals surface area contributed by atoms with Crippen molar-refractivity contribution < 1.29 is 28.7 Å². The summed E-state index contributed by atoms with van der Waals surface area (Å²) in [6.45, 7) is 2.21. The number of carbonyl (C=O) groups excluding carboxylic acids is 4. The number of amides is 4. The lowest BCUT2D eigenvalue weighted by Gasteiger charge is -2.30. The zero-order valence-electron chi connectivity index (χ0n) is 19.3. The van der Waals surface area contributed by atoms with Crippen LogP contribution in [0.3, 0.4) is 0 Å². The van der Waals surface area contributed by atoms with Crippen molar-refractivity contribution in [1.29, 1.82) is 0 Å². The van der Waals surface area contributed by atoms with Gasteiger partial charge in [0.25, 0.3) is 5.91 Å². The fourth-order valence-electron chi connectivity index (χ4n) is 3.26. The van der Waals surface area contributed by atoms with E-state index in [0.29, 0.717) is 26.2 Å². The van der Waals surface area contributed by atoms with E-state index in [-0.39, 0.29) is 38.1 Å². The molecule has 2 heterocycles. The number of hydrazine groups is 1. The molecule has 0 aromatic heterocycles. The maximum Gasteiger partial charge on any atom is 0.410 e. The smallest absolute Gasteiger partial charge is 0.410 e. The average Bonchev–Trinajstić information content (AvgIpc) is 2.89. The highest BCUT2D eigenvalue weighted by atomic mass is 16.6. The second kappa shape index (κ2) is 12.9. The SMILES string of the molecule is NN1CCN(C(=O)OCc2ccccc2)CC1=O.O=C1CN(C(=O)OCc2ccccc2)CCN1. The summed E-state index contributed by atoms with van der Waals surface area (Å²) in [5, 5.41) is 3.76. The van der Waals surface area contributed by atoms with Gasteiger partial charge in [0.15, 0.2) is 0 Å². The first-order valence-electron chi connectivity index (χ1n) is 11.2. The lowest BCUT2D eigenvalue weighted by Crippen LogP contribution is -2.54. The molecule has 2 aromatic carbocycles. The van der Waals surface area contributed by atoms with Crippen LogP contribution >= 0.6 is 0 Å². The van der Waals surface area contributed by atoms with Crippen molar-refractivity contribution in [1.82, 2.24) is 20.1 Å². The fraction of sp³-hybridized carbons (Fsp3) is 0.333. The van der Waals surface area contributed by atoms with Crippen molar-refractivity contribution in [2.45, 2.75) is 13.2 Å². The molecule has 0 atom stereocenters. The molecule has 0 radical (unpaired) electrons. The van der Waals surface area contributed by atoms with E-state index in [2.05, 4.69) is 5.32 Å². The Morgan fingerprint density at radius 1 is 0.771 bits per heavy atom. The predicted molar refractivity (Wildman–Crippen MR) is 125 cm³/mol. The number of nitrogens with one attached hydrogen (secondary N) is 1. The molecule has 2 aromatic rings. The van der Waals surface area contributed by atoms with Gasteiger partial charge in [0, 0.05) is 19.6 Å². The molecule has 4 rings (SSSR count). The first-order valence-corrected chi connectivity index (χ1v) is 11.2. The van der Waals surface area contributed by atoms with Crippen molar-refractivity contribution in [3.8, 4) is 0 Å². The molecule has 2 aliphatic heterocycles. The largest absolute Gasteiger partial charge is 0.445 e. The number of hydrogen-bond donors (Lipinski definition) is 2. The molecule has 3 N–H and O–H groups in total. The van der Waals surface area contributed by atoms with Gasteiger partial charge in [-0.25, -0.2) is 15.4 Å². The Labute approximate surface area is 203 Å². The molecule has 4 amide bonds. The van der Waals surface area contributed by atoms with E-state index >= 15 is 0 Å². The summed E-state index contributed by atoms with van der Waals surface area (Å²) in [7, 11) is 0. The number of piperazine rings is 2. The minimum absolute atomic E-state index is 0.0237. The Hall–Kier alpha value is -4.12. The molecule has 186 valence electrons. The van der Waals surface area contributed by atoms with Gasteiger partial charge < -0.3 is 14.8 Å². The van der Waals surface area contributed by atoms with Crippen LogP contribution in [-0.4, -0.2) is 78.1 Å². The number of hydrogen-bond acceptors (Lipinski definition) is 7. The molecule has 2 aliphatic rings. The Kier molecular flexibility index (Phi) is 9.43. The number of benzene rings is 2. The third-order valence-corrected chi connectivity index (χ3v) is 5.22. The molecule has 0 unspecified atom stereocenters. The maximum absolute atomic E-state index is 11.7. The van der Waals surface area contributed by atoms with Crippen LogP contribution in [0.25, 0.3) is 0 Å². The van der Waals surface area contributed by atoms with Gasteiger partial charge in [0.2, 0.25) is 5.91 Å². The number of nitrogens with two attached hydrogens (primary N) is 1. The molecule has 0 aliphatic carbocycles. The first kappa shape index (κ1) is 25.5. The van der Waals surface area contributed by atoms with Crippen molar-refractivity contribution in [3.05, 3.63) is 71.8 Å². The van der Waals surface area contributed by atoms with Gasteiger partial charge in [-0.05, 0) is 11.1 Å². The van der Waals surface area contributed by atoms with Crippen molar-refractivity contribution in [2.75, 3.05) is 39.3 Å². The van der Waals surface area contributed by atoms with Crippen LogP contribution in [0.1, 0.15) is 11.1 Å². The molecule has 2 saturated heterocycles. The molecular weight excluding hydrogens is 454 g/mol. The maximum atomic E-state index is 11.7.